The third kappa shape index (κ3) is 2.64. The van der Waals surface area contributed by atoms with Crippen molar-refractivity contribution in [3.63, 3.8) is 0 Å². The first-order valence-electron chi connectivity index (χ1n) is 7.44. The Hall–Kier alpha value is -2.15. The highest BCUT2D eigenvalue weighted by atomic mass is 16.6. The van der Waals surface area contributed by atoms with Crippen LogP contribution in [0.1, 0.15) is 31.7 Å². The van der Waals surface area contributed by atoms with Crippen molar-refractivity contribution in [2.45, 2.75) is 31.7 Å². The van der Waals surface area contributed by atoms with Crippen molar-refractivity contribution in [2.75, 3.05) is 13.7 Å². The lowest BCUT2D eigenvalue weighted by Crippen LogP contribution is -2.20. The third-order valence-electron chi connectivity index (χ3n) is 4.47. The minimum atomic E-state index is -0.442. The van der Waals surface area contributed by atoms with E-state index in [4.69, 9.17) is 4.74 Å². The number of aliphatic hydroxyl groups is 1. The van der Waals surface area contributed by atoms with Crippen LogP contribution in [0.3, 0.4) is 0 Å². The molecular weight excluding hydrogens is 286 g/mol. The van der Waals surface area contributed by atoms with E-state index in [9.17, 15) is 15.2 Å². The van der Waals surface area contributed by atoms with Gasteiger partial charge in [-0.25, -0.2) is 0 Å². The highest BCUT2D eigenvalue weighted by Gasteiger charge is 2.24. The molecule has 0 amide bonds. The summed E-state index contributed by atoms with van der Waals surface area (Å²) in [5.74, 6) is 0.620. The number of fused-ring (bicyclic) bond motifs is 1. The van der Waals surface area contributed by atoms with E-state index >= 15 is 0 Å². The molecule has 0 atom stereocenters. The molecule has 0 saturated heterocycles. The molecule has 0 spiro atoms. The molecule has 7 nitrogen and oxygen atoms in total. The number of hydrogen-bond acceptors (Lipinski definition) is 5. The lowest BCUT2D eigenvalue weighted by Gasteiger charge is -2.27. The number of nitro benzene ring substituents is 1. The predicted octanol–water partition coefficient (Wildman–Crippen LogP) is 2.68. The maximum atomic E-state index is 11.1. The number of ether oxygens (including phenoxy) is 1. The van der Waals surface area contributed by atoms with Gasteiger partial charge in [0.05, 0.1) is 23.6 Å². The van der Waals surface area contributed by atoms with Gasteiger partial charge in [-0.05, 0) is 31.6 Å². The summed E-state index contributed by atoms with van der Waals surface area (Å²) in [4.78, 5) is 10.6. The molecule has 0 unspecified atom stereocenters. The number of hydrogen-bond donors (Lipinski definition) is 1. The molecule has 1 heterocycles. The lowest BCUT2D eigenvalue weighted by atomic mass is 9.87. The van der Waals surface area contributed by atoms with Crippen molar-refractivity contribution in [3.8, 4) is 5.75 Å². The number of aromatic nitrogens is 2. The fourth-order valence-electron chi connectivity index (χ4n) is 3.14. The normalized spacial score (nSPS) is 21.9. The molecule has 22 heavy (non-hydrogen) atoms. The molecule has 1 saturated carbocycles. The summed E-state index contributed by atoms with van der Waals surface area (Å²) in [6.45, 7) is 0.247. The molecule has 3 rings (SSSR count). The summed E-state index contributed by atoms with van der Waals surface area (Å²) in [5, 5.41) is 25.6. The Morgan fingerprint density at radius 3 is 2.73 bits per heavy atom. The summed E-state index contributed by atoms with van der Waals surface area (Å²) in [5.41, 5.74) is 0.658. The molecule has 1 aliphatic rings. The second-order valence-corrected chi connectivity index (χ2v) is 5.81. The SMILES string of the molecule is COc1cc2nn(C3CCC(CO)CC3)cc2cc1[N+](=O)[O-]. The molecule has 1 fully saturated rings. The van der Waals surface area contributed by atoms with E-state index in [0.29, 0.717) is 17.5 Å². The number of nitrogens with zero attached hydrogens (tertiary/aromatic N) is 3. The zero-order valence-corrected chi connectivity index (χ0v) is 12.4. The first-order valence-corrected chi connectivity index (χ1v) is 7.44. The monoisotopic (exact) mass is 305 g/mol. The Bertz CT molecular complexity index is 689. The lowest BCUT2D eigenvalue weighted by molar-refractivity contribution is -0.385. The first-order chi connectivity index (χ1) is 10.6. The van der Waals surface area contributed by atoms with Crippen LogP contribution in [-0.4, -0.2) is 33.5 Å². The highest BCUT2D eigenvalue weighted by molar-refractivity contribution is 5.83. The Balaban J connectivity index is 1.91. The van der Waals surface area contributed by atoms with Crippen molar-refractivity contribution < 1.29 is 14.8 Å². The standard InChI is InChI=1S/C15H19N3O4/c1-22-15-7-13-11(6-14(15)18(20)21)8-17(16-13)12-4-2-10(9-19)3-5-12/h6-8,10,12,19H,2-5,9H2,1H3. The van der Waals surface area contributed by atoms with Gasteiger partial charge in [0.15, 0.2) is 5.75 Å². The van der Waals surface area contributed by atoms with Crippen LogP contribution >= 0.6 is 0 Å². The number of methoxy groups -OCH3 is 1. The molecule has 1 aromatic heterocycles. The maximum absolute atomic E-state index is 11.1. The molecule has 0 radical (unpaired) electrons. The zero-order valence-electron chi connectivity index (χ0n) is 12.4. The molecule has 0 bridgehead atoms. The maximum Gasteiger partial charge on any atom is 0.311 e. The van der Waals surface area contributed by atoms with Crippen LogP contribution in [0.25, 0.3) is 10.9 Å². The highest BCUT2D eigenvalue weighted by Crippen LogP contribution is 2.35. The van der Waals surface area contributed by atoms with Gasteiger partial charge in [-0.15, -0.1) is 0 Å². The van der Waals surface area contributed by atoms with E-state index in [2.05, 4.69) is 5.10 Å². The van der Waals surface area contributed by atoms with Gasteiger partial charge in [-0.1, -0.05) is 0 Å². The molecule has 1 aliphatic carbocycles. The van der Waals surface area contributed by atoms with Crippen LogP contribution in [0.2, 0.25) is 0 Å². The van der Waals surface area contributed by atoms with Crippen LogP contribution in [0, 0.1) is 16.0 Å². The molecule has 7 heteroatoms. The van der Waals surface area contributed by atoms with Crippen LogP contribution in [0.15, 0.2) is 18.3 Å². The fourth-order valence-corrected chi connectivity index (χ4v) is 3.14. The Morgan fingerprint density at radius 1 is 1.41 bits per heavy atom. The van der Waals surface area contributed by atoms with Crippen LogP contribution in [0.5, 0.6) is 5.75 Å². The van der Waals surface area contributed by atoms with E-state index in [1.165, 1.54) is 13.2 Å². The molecule has 1 N–H and O–H groups in total. The van der Waals surface area contributed by atoms with Crippen LogP contribution in [0.4, 0.5) is 5.69 Å². The molecular formula is C15H19N3O4. The smallest absolute Gasteiger partial charge is 0.311 e. The summed E-state index contributed by atoms with van der Waals surface area (Å²) in [6.07, 6.45) is 5.78. The predicted molar refractivity (Wildman–Crippen MR) is 81.0 cm³/mol. The van der Waals surface area contributed by atoms with Crippen molar-refractivity contribution in [3.05, 3.63) is 28.4 Å². The minimum absolute atomic E-state index is 0.0430. The molecule has 2 aromatic rings. The summed E-state index contributed by atoms with van der Waals surface area (Å²) >= 11 is 0. The molecule has 1 aromatic carbocycles. The van der Waals surface area contributed by atoms with E-state index in [-0.39, 0.29) is 18.0 Å². The van der Waals surface area contributed by atoms with Gasteiger partial charge < -0.3 is 9.84 Å². The Morgan fingerprint density at radius 2 is 2.14 bits per heavy atom. The van der Waals surface area contributed by atoms with E-state index in [1.807, 2.05) is 10.9 Å². The Kier molecular flexibility index (Phi) is 3.98. The molecule has 0 aliphatic heterocycles. The summed E-state index contributed by atoms with van der Waals surface area (Å²) in [7, 11) is 1.42. The zero-order chi connectivity index (χ0) is 15.7. The number of aliphatic hydroxyl groups excluding tert-OH is 1. The van der Waals surface area contributed by atoms with Crippen molar-refractivity contribution in [2.24, 2.45) is 5.92 Å². The van der Waals surface area contributed by atoms with Gasteiger partial charge in [0.25, 0.3) is 0 Å². The van der Waals surface area contributed by atoms with Crippen molar-refractivity contribution in [1.29, 1.82) is 0 Å². The van der Waals surface area contributed by atoms with Gasteiger partial charge in [0, 0.05) is 30.3 Å². The van der Waals surface area contributed by atoms with Gasteiger partial charge in [0.2, 0.25) is 0 Å². The second kappa shape index (κ2) is 5.92. The van der Waals surface area contributed by atoms with Gasteiger partial charge in [0.1, 0.15) is 0 Å². The Labute approximate surface area is 127 Å². The average Bonchev–Trinajstić information content (AvgIpc) is 2.96. The average molecular weight is 305 g/mol. The fraction of sp³-hybridized carbons (Fsp3) is 0.533. The molecule has 118 valence electrons. The number of rotatable bonds is 4. The van der Waals surface area contributed by atoms with Crippen molar-refractivity contribution in [1.82, 2.24) is 9.78 Å². The van der Waals surface area contributed by atoms with E-state index in [0.717, 1.165) is 31.1 Å². The van der Waals surface area contributed by atoms with E-state index < -0.39 is 4.92 Å². The minimum Gasteiger partial charge on any atom is -0.490 e. The topological polar surface area (TPSA) is 90.4 Å². The van der Waals surface area contributed by atoms with E-state index in [1.54, 1.807) is 6.07 Å². The second-order valence-electron chi connectivity index (χ2n) is 5.81. The van der Waals surface area contributed by atoms with Crippen molar-refractivity contribution >= 4 is 16.6 Å². The summed E-state index contributed by atoms with van der Waals surface area (Å²) < 4.78 is 6.98. The number of benzene rings is 1. The van der Waals surface area contributed by atoms with Gasteiger partial charge in [-0.3, -0.25) is 14.8 Å². The first kappa shape index (κ1) is 14.8. The summed E-state index contributed by atoms with van der Waals surface area (Å²) in [6, 6.07) is 3.42. The van der Waals surface area contributed by atoms with Crippen LogP contribution < -0.4 is 4.74 Å². The largest absolute Gasteiger partial charge is 0.490 e. The van der Waals surface area contributed by atoms with Gasteiger partial charge >= 0.3 is 5.69 Å². The third-order valence-corrected chi connectivity index (χ3v) is 4.47. The number of nitro groups is 1. The quantitative estimate of drug-likeness (QED) is 0.692. The van der Waals surface area contributed by atoms with Crippen LogP contribution in [-0.2, 0) is 0 Å². The van der Waals surface area contributed by atoms with Gasteiger partial charge in [-0.2, -0.15) is 5.10 Å².